The molecule has 1 unspecified atom stereocenters. The van der Waals surface area contributed by atoms with Gasteiger partial charge in [0.15, 0.2) is 0 Å². The Bertz CT molecular complexity index is 2410. The zero-order chi connectivity index (χ0) is 44.4. The van der Waals surface area contributed by atoms with Crippen LogP contribution in [0.5, 0.6) is 0 Å². The number of rotatable bonds is 1. The van der Waals surface area contributed by atoms with Crippen LogP contribution >= 0.6 is 77.2 Å². The third-order valence-electron chi connectivity index (χ3n) is 10.8. The molecule has 8 heteroatoms. The number of nitrogens with zero attached hydrogens (tertiary/aromatic N) is 3. The second-order valence-corrected chi connectivity index (χ2v) is 25.2. The molecule has 4 aromatic carbocycles. The molecule has 0 fully saturated rings. The van der Waals surface area contributed by atoms with Gasteiger partial charge in [-0.25, -0.2) is 9.97 Å². The molecule has 3 aromatic heterocycles. The lowest BCUT2D eigenvalue weighted by molar-refractivity contribution is 0.589. The van der Waals surface area contributed by atoms with E-state index in [-0.39, 0.29) is 21.7 Å². The Labute approximate surface area is 400 Å². The van der Waals surface area contributed by atoms with Gasteiger partial charge in [0.25, 0.3) is 0 Å². The topological polar surface area (TPSA) is 30.7 Å². The lowest BCUT2D eigenvalue weighted by Gasteiger charge is -2.21. The van der Waals surface area contributed by atoms with Gasteiger partial charge in [0.1, 0.15) is 9.52 Å². The summed E-state index contributed by atoms with van der Waals surface area (Å²) in [4.78, 5) is 8.70. The summed E-state index contributed by atoms with van der Waals surface area (Å²) >= 11 is 12.1. The molecule has 60 heavy (non-hydrogen) atoms. The predicted molar refractivity (Wildman–Crippen MR) is 284 cm³/mol. The maximum absolute atomic E-state index is 4.68. The van der Waals surface area contributed by atoms with Crippen molar-refractivity contribution < 1.29 is 0 Å². The summed E-state index contributed by atoms with van der Waals surface area (Å²) in [5.74, 6) is 0.940. The number of hydrogen-bond acceptors (Lipinski definition) is 2. The van der Waals surface area contributed by atoms with Crippen molar-refractivity contribution >= 4 is 99.0 Å². The molecule has 1 aliphatic carbocycles. The first-order valence-electron chi connectivity index (χ1n) is 20.4. The quantitative estimate of drug-likeness (QED) is 0.0932. The summed E-state index contributed by atoms with van der Waals surface area (Å²) in [5, 5.41) is 2.58. The summed E-state index contributed by atoms with van der Waals surface area (Å²) in [6.07, 6.45) is 4.72. The van der Waals surface area contributed by atoms with Gasteiger partial charge in [0, 0.05) is 32.1 Å². The second kappa shape index (κ2) is 19.5. The van der Waals surface area contributed by atoms with Gasteiger partial charge in [-0.05, 0) is 182 Å². The van der Waals surface area contributed by atoms with Crippen molar-refractivity contribution in [3.63, 3.8) is 0 Å². The van der Waals surface area contributed by atoms with E-state index in [0.717, 1.165) is 32.2 Å². The molecular formula is C52H60Br3IN3P. The average Bonchev–Trinajstić information content (AvgIpc) is 3.70. The van der Waals surface area contributed by atoms with Gasteiger partial charge < -0.3 is 0 Å². The van der Waals surface area contributed by atoms with Crippen LogP contribution in [0.15, 0.2) is 118 Å². The summed E-state index contributed by atoms with van der Waals surface area (Å²) in [5.41, 5.74) is 14.4. The molecule has 0 aliphatic heterocycles. The molecule has 0 spiro atoms. The van der Waals surface area contributed by atoms with Gasteiger partial charge in [-0.3, -0.25) is 4.57 Å². The Kier molecular flexibility index (Phi) is 15.8. The number of fused-ring (bicyclic) bond motifs is 6. The van der Waals surface area contributed by atoms with E-state index in [1.54, 1.807) is 6.20 Å². The fourth-order valence-corrected chi connectivity index (χ4v) is 7.95. The van der Waals surface area contributed by atoms with Crippen LogP contribution in [0, 0.1) is 3.70 Å². The lowest BCUT2D eigenvalue weighted by atomic mass is 9.83. The number of benzene rings is 4. The largest absolute Gasteiger partial charge is 0.294 e. The molecule has 0 bridgehead atoms. The van der Waals surface area contributed by atoms with Crippen LogP contribution in [-0.2, 0) is 28.1 Å². The maximum atomic E-state index is 4.68. The first kappa shape index (κ1) is 48.6. The Balaban J connectivity index is 0.000000186. The molecule has 1 aliphatic rings. The van der Waals surface area contributed by atoms with Crippen LogP contribution in [0.3, 0.4) is 0 Å². The highest BCUT2D eigenvalue weighted by Crippen LogP contribution is 2.41. The average molecular weight is 1120 g/mol. The van der Waals surface area contributed by atoms with Gasteiger partial charge in [-0.1, -0.05) is 154 Å². The van der Waals surface area contributed by atoms with Crippen molar-refractivity contribution in [2.75, 3.05) is 6.66 Å². The van der Waals surface area contributed by atoms with Crippen LogP contribution in [0.2, 0.25) is 0 Å². The highest BCUT2D eigenvalue weighted by atomic mass is 127. The van der Waals surface area contributed by atoms with Crippen LogP contribution in [0.25, 0.3) is 38.8 Å². The van der Waals surface area contributed by atoms with E-state index in [1.807, 2.05) is 24.4 Å². The molecule has 0 saturated heterocycles. The predicted octanol–water partition coefficient (Wildman–Crippen LogP) is 17.4. The SMILES string of the molecule is Brc1ccc(I)nc1.CC(C)(C)c1ccc2c(c1)-c1cc(C(C)(C)C)ccc1C2.CC(C)(C)c1ccc2c(c1)c1cc(C(C)(C)C)ccc1n2-c1ccc(Br)cn1.CPBr. The Morgan fingerprint density at radius 2 is 0.883 bits per heavy atom. The number of halogens is 4. The summed E-state index contributed by atoms with van der Waals surface area (Å²) in [6, 6.07) is 35.8. The van der Waals surface area contributed by atoms with Gasteiger partial charge in [0.05, 0.1) is 11.0 Å². The Morgan fingerprint density at radius 1 is 0.517 bits per heavy atom. The summed E-state index contributed by atoms with van der Waals surface area (Å²) in [7, 11) is 0.896. The number of aromatic nitrogens is 3. The molecule has 0 N–H and O–H groups in total. The van der Waals surface area contributed by atoms with Gasteiger partial charge in [-0.2, -0.15) is 0 Å². The fraction of sp³-hybridized carbons (Fsp3) is 0.346. The smallest absolute Gasteiger partial charge is 0.137 e. The minimum absolute atomic E-state index is 0.111. The van der Waals surface area contributed by atoms with E-state index < -0.39 is 0 Å². The lowest BCUT2D eigenvalue weighted by Crippen LogP contribution is -2.11. The first-order chi connectivity index (χ1) is 27.9. The minimum atomic E-state index is 0.111. The molecule has 3 heterocycles. The maximum Gasteiger partial charge on any atom is 0.137 e. The van der Waals surface area contributed by atoms with E-state index in [2.05, 4.69) is 253 Å². The number of pyridine rings is 2. The molecule has 316 valence electrons. The van der Waals surface area contributed by atoms with Gasteiger partial charge in [-0.15, -0.1) is 0 Å². The molecule has 7 aromatic rings. The highest BCUT2D eigenvalue weighted by molar-refractivity contribution is 14.1. The van der Waals surface area contributed by atoms with Gasteiger partial charge in [0.2, 0.25) is 0 Å². The van der Waals surface area contributed by atoms with Crippen molar-refractivity contribution in [3.8, 4) is 16.9 Å². The first-order valence-corrected chi connectivity index (χ1v) is 26.9. The molecule has 0 saturated carbocycles. The van der Waals surface area contributed by atoms with Crippen LogP contribution in [0.4, 0.5) is 0 Å². The van der Waals surface area contributed by atoms with E-state index in [1.165, 1.54) is 66.3 Å². The summed E-state index contributed by atoms with van der Waals surface area (Å²) < 4.78 is 5.31. The van der Waals surface area contributed by atoms with E-state index >= 15 is 0 Å². The van der Waals surface area contributed by atoms with Gasteiger partial charge >= 0.3 is 0 Å². The highest BCUT2D eigenvalue weighted by Gasteiger charge is 2.25. The summed E-state index contributed by atoms with van der Waals surface area (Å²) in [6.45, 7) is 29.4. The van der Waals surface area contributed by atoms with E-state index in [4.69, 9.17) is 0 Å². The Morgan fingerprint density at radius 3 is 1.22 bits per heavy atom. The monoisotopic (exact) mass is 1120 g/mol. The third kappa shape index (κ3) is 12.0. The molecule has 3 nitrogen and oxygen atoms in total. The van der Waals surface area contributed by atoms with Crippen LogP contribution in [0.1, 0.15) is 116 Å². The van der Waals surface area contributed by atoms with Crippen molar-refractivity contribution in [2.24, 2.45) is 0 Å². The molecule has 8 rings (SSSR count). The van der Waals surface area contributed by atoms with E-state index in [0.29, 0.717) is 0 Å². The van der Waals surface area contributed by atoms with Crippen molar-refractivity contribution in [3.05, 3.63) is 155 Å². The zero-order valence-electron chi connectivity index (χ0n) is 37.5. The normalized spacial score (nSPS) is 12.6. The van der Waals surface area contributed by atoms with Crippen molar-refractivity contribution in [1.82, 2.24) is 14.5 Å². The fourth-order valence-electron chi connectivity index (χ4n) is 7.16. The molecular weight excluding hydrogens is 1060 g/mol. The number of hydrogen-bond donors (Lipinski definition) is 0. The Hall–Kier alpha value is -2.42. The minimum Gasteiger partial charge on any atom is -0.294 e. The van der Waals surface area contributed by atoms with Crippen molar-refractivity contribution in [1.29, 1.82) is 0 Å². The molecule has 0 radical (unpaired) electrons. The standard InChI is InChI=1S/C25H27BrN2.C21H26.C5H3BrIN.CH4BrP/c1-24(2,3)16-7-10-21-19(13-16)20-14-17(25(4,5)6)8-11-22(20)28(21)23-12-9-18(26)15-27-23;1-20(2,3)16-9-7-14-11-15-8-10-17(21(4,5)6)13-19(15)18(14)12-16;6-4-1-2-5(7)8-3-4;1-3-2/h7-15H,1-6H3;7-10,12-13H,11H2,1-6H3;1-3H;3H,1H3. The van der Waals surface area contributed by atoms with Crippen LogP contribution < -0.4 is 0 Å². The second-order valence-electron chi connectivity index (χ2n) is 19.5. The van der Waals surface area contributed by atoms with Crippen molar-refractivity contribution in [2.45, 2.75) is 111 Å². The zero-order valence-corrected chi connectivity index (χ0v) is 45.4. The molecule has 0 amide bonds. The van der Waals surface area contributed by atoms with Crippen LogP contribution in [-0.4, -0.2) is 21.2 Å². The third-order valence-corrected chi connectivity index (χ3v) is 12.3. The van der Waals surface area contributed by atoms with E-state index in [9.17, 15) is 0 Å². The molecule has 1 atom stereocenters.